The first-order valence-electron chi connectivity index (χ1n) is 23.4. The summed E-state index contributed by atoms with van der Waals surface area (Å²) in [5.74, 6) is 0.191. The van der Waals surface area contributed by atoms with Crippen LogP contribution in [0.2, 0.25) is 0 Å². The van der Waals surface area contributed by atoms with E-state index in [9.17, 15) is 10.4 Å². The largest absolute Gasteiger partial charge is 0.633 e. The van der Waals surface area contributed by atoms with E-state index in [1.807, 2.05) is 27.7 Å². The highest BCUT2D eigenvalue weighted by atomic mass is 16.5. The molecule has 5 heteroatoms. The molecule has 0 saturated carbocycles. The molecule has 5 aromatic rings. The number of nitrogens with zero attached hydrogens (tertiary/aromatic N) is 3. The van der Waals surface area contributed by atoms with Gasteiger partial charge in [-0.05, 0) is 123 Å². The fraction of sp³-hybridized carbons (Fsp3) is 0.473. The maximum atomic E-state index is 13.1. The zero-order valence-corrected chi connectivity index (χ0v) is 38.0. The van der Waals surface area contributed by atoms with E-state index in [0.717, 1.165) is 75.6 Å². The van der Waals surface area contributed by atoms with E-state index in [-0.39, 0.29) is 26.0 Å². The van der Waals surface area contributed by atoms with Crippen molar-refractivity contribution in [1.29, 1.82) is 0 Å². The van der Waals surface area contributed by atoms with Crippen LogP contribution >= 0.6 is 0 Å². The summed E-state index contributed by atoms with van der Waals surface area (Å²) in [7, 11) is 0. The fourth-order valence-corrected chi connectivity index (χ4v) is 9.93. The fourth-order valence-electron chi connectivity index (χ4n) is 9.93. The lowest BCUT2D eigenvalue weighted by molar-refractivity contribution is -0.877. The molecule has 4 aromatic carbocycles. The van der Waals surface area contributed by atoms with Crippen LogP contribution in [0.15, 0.2) is 115 Å². The molecule has 1 aliphatic rings. The Bertz CT molecular complexity index is 2070. The van der Waals surface area contributed by atoms with Gasteiger partial charge in [0.1, 0.15) is 0 Å². The van der Waals surface area contributed by atoms with Crippen molar-refractivity contribution in [3.63, 3.8) is 0 Å². The van der Waals surface area contributed by atoms with E-state index < -0.39 is 0 Å². The summed E-state index contributed by atoms with van der Waals surface area (Å²) < 4.78 is -0.175. The second-order valence-electron chi connectivity index (χ2n) is 18.3. The van der Waals surface area contributed by atoms with E-state index in [0.29, 0.717) is 39.3 Å². The number of unbranched alkanes of at least 4 members (excludes halogenated alkanes) is 6. The Labute approximate surface area is 363 Å². The van der Waals surface area contributed by atoms with Gasteiger partial charge in [0.15, 0.2) is 0 Å². The second-order valence-corrected chi connectivity index (χ2v) is 18.3. The van der Waals surface area contributed by atoms with Crippen LogP contribution in [0.25, 0.3) is 22.4 Å². The Morgan fingerprint density at radius 3 is 1.63 bits per heavy atom. The molecule has 0 aliphatic heterocycles. The highest BCUT2D eigenvalue weighted by Crippen LogP contribution is 2.56. The van der Waals surface area contributed by atoms with Gasteiger partial charge in [0.2, 0.25) is 0 Å². The molecule has 1 aliphatic carbocycles. The third-order valence-corrected chi connectivity index (χ3v) is 14.5. The number of hydrogen-bond donors (Lipinski definition) is 0. The van der Waals surface area contributed by atoms with Crippen molar-refractivity contribution < 1.29 is 9.29 Å². The van der Waals surface area contributed by atoms with Gasteiger partial charge in [0.25, 0.3) is 0 Å². The number of fused-ring (bicyclic) bond motifs is 3. The predicted octanol–water partition coefficient (Wildman–Crippen LogP) is 14.1. The molecule has 0 N–H and O–H groups in total. The van der Waals surface area contributed by atoms with Crippen LogP contribution in [-0.4, -0.2) is 53.5 Å². The van der Waals surface area contributed by atoms with E-state index in [2.05, 4.69) is 136 Å². The molecule has 6 rings (SSSR count). The van der Waals surface area contributed by atoms with Crippen molar-refractivity contribution in [2.75, 3.05) is 39.3 Å². The molecule has 0 bridgehead atoms. The number of aromatic nitrogens is 1. The van der Waals surface area contributed by atoms with Gasteiger partial charge in [-0.1, -0.05) is 144 Å². The van der Waals surface area contributed by atoms with Gasteiger partial charge in [-0.15, -0.1) is 0 Å². The lowest BCUT2D eigenvalue weighted by Gasteiger charge is -2.41. The van der Waals surface area contributed by atoms with Gasteiger partial charge in [-0.25, -0.2) is 0 Å². The number of hydroxylamine groups is 6. The first-order chi connectivity index (χ1) is 28.9. The molecular formula is C55H73N3O2. The normalized spacial score (nSPS) is 14.2. The molecule has 0 fully saturated rings. The van der Waals surface area contributed by atoms with Crippen LogP contribution < -0.4 is 0 Å². The quantitative estimate of drug-likeness (QED) is 0.0375. The van der Waals surface area contributed by atoms with E-state index in [4.69, 9.17) is 4.98 Å². The number of quaternary nitrogens is 2. The van der Waals surface area contributed by atoms with E-state index >= 15 is 0 Å². The molecule has 0 radical (unpaired) electrons. The third kappa shape index (κ3) is 10.1. The van der Waals surface area contributed by atoms with Crippen molar-refractivity contribution in [1.82, 2.24) is 4.98 Å². The van der Waals surface area contributed by atoms with Crippen LogP contribution in [0.4, 0.5) is 0 Å². The van der Waals surface area contributed by atoms with Crippen LogP contribution in [0.5, 0.6) is 0 Å². The molecule has 1 heterocycles. The number of hydrogen-bond acceptors (Lipinski definition) is 3. The maximum absolute atomic E-state index is 13.1. The Balaban J connectivity index is 1.39. The third-order valence-electron chi connectivity index (χ3n) is 14.5. The first-order valence-corrected chi connectivity index (χ1v) is 23.4. The molecule has 1 unspecified atom stereocenters. The van der Waals surface area contributed by atoms with Gasteiger partial charge < -0.3 is 19.7 Å². The molecule has 5 nitrogen and oxygen atoms in total. The average Bonchev–Trinajstić information content (AvgIpc) is 3.56. The SMILES string of the molecule is CC[N+]([O-])(CC)CCCCCCC1(CCCCCC[N+]([O-])(CC)CC)c2cc(-c3cccc(C(C)c4ccccc4)n3)ccc2-c2ccc(C(C)(C)c3ccccc3)cc21. The second kappa shape index (κ2) is 20.2. The lowest BCUT2D eigenvalue weighted by Crippen LogP contribution is -2.42. The smallest absolute Gasteiger partial charge is 0.0783 e. The molecular weight excluding hydrogens is 735 g/mol. The van der Waals surface area contributed by atoms with Crippen LogP contribution in [-0.2, 0) is 10.8 Å². The summed E-state index contributed by atoms with van der Waals surface area (Å²) in [4.78, 5) is 5.33. The summed E-state index contributed by atoms with van der Waals surface area (Å²) in [5.41, 5.74) is 12.5. The van der Waals surface area contributed by atoms with Crippen molar-refractivity contribution >= 4 is 0 Å². The minimum absolute atomic E-state index is 0.0876. The summed E-state index contributed by atoms with van der Waals surface area (Å²) in [6.45, 7) is 19.1. The van der Waals surface area contributed by atoms with Crippen molar-refractivity contribution in [3.8, 4) is 22.4 Å². The lowest BCUT2D eigenvalue weighted by atomic mass is 9.69. The Morgan fingerprint density at radius 2 is 1.07 bits per heavy atom. The Morgan fingerprint density at radius 1 is 0.550 bits per heavy atom. The standard InChI is InChI=1S/C55H73N3O2/c1-8-57(59,9-2)39-24-14-12-22-37-55(38-23-13-15-25-40-58(60,10-3)11-4)50-41-45(53-32-26-31-52(56-53)43(5)44-27-18-16-19-28-44)33-35-48(50)49-36-34-47(42-51(49)55)54(6,7)46-29-20-17-21-30-46/h16-21,26-36,41-43H,8-15,22-25,37-40H2,1-7H3. The minimum atomic E-state index is -0.162. The van der Waals surface area contributed by atoms with Crippen LogP contribution in [0, 0.1) is 10.4 Å². The van der Waals surface area contributed by atoms with Gasteiger partial charge in [-0.3, -0.25) is 4.98 Å². The highest BCUT2D eigenvalue weighted by molar-refractivity contribution is 5.84. The molecule has 0 saturated heterocycles. The number of pyridine rings is 1. The zero-order chi connectivity index (χ0) is 42.8. The Hall–Kier alpha value is -4.13. The Kier molecular flexibility index (Phi) is 15.3. The van der Waals surface area contributed by atoms with E-state index in [1.54, 1.807) is 0 Å². The van der Waals surface area contributed by atoms with Gasteiger partial charge >= 0.3 is 0 Å². The summed E-state index contributed by atoms with van der Waals surface area (Å²) in [6.07, 6.45) is 10.7. The summed E-state index contributed by atoms with van der Waals surface area (Å²) in [6, 6.07) is 42.7. The number of rotatable bonds is 23. The van der Waals surface area contributed by atoms with Crippen LogP contribution in [0.3, 0.4) is 0 Å². The molecule has 0 amide bonds. The highest BCUT2D eigenvalue weighted by Gasteiger charge is 2.43. The van der Waals surface area contributed by atoms with Crippen molar-refractivity contribution in [2.24, 2.45) is 0 Å². The minimum Gasteiger partial charge on any atom is -0.633 e. The van der Waals surface area contributed by atoms with Gasteiger partial charge in [-0.2, -0.15) is 0 Å². The summed E-state index contributed by atoms with van der Waals surface area (Å²) in [5, 5.41) is 26.2. The van der Waals surface area contributed by atoms with E-state index in [1.165, 1.54) is 44.5 Å². The van der Waals surface area contributed by atoms with Crippen molar-refractivity contribution in [2.45, 2.75) is 129 Å². The van der Waals surface area contributed by atoms with Crippen molar-refractivity contribution in [3.05, 3.63) is 159 Å². The topological polar surface area (TPSA) is 59.0 Å². The monoisotopic (exact) mass is 808 g/mol. The van der Waals surface area contributed by atoms with Crippen LogP contribution in [0.1, 0.15) is 152 Å². The molecule has 320 valence electrons. The van der Waals surface area contributed by atoms with Gasteiger partial charge in [0.05, 0.1) is 45.0 Å². The zero-order valence-electron chi connectivity index (χ0n) is 38.0. The average molecular weight is 808 g/mol. The summed E-state index contributed by atoms with van der Waals surface area (Å²) >= 11 is 0. The molecule has 1 atom stereocenters. The molecule has 1 aromatic heterocycles. The molecule has 0 spiro atoms. The number of benzene rings is 4. The van der Waals surface area contributed by atoms with Gasteiger partial charge in [0, 0.05) is 28.0 Å². The first kappa shape index (κ1) is 45.4. The molecule has 60 heavy (non-hydrogen) atoms. The maximum Gasteiger partial charge on any atom is 0.0783 e. The predicted molar refractivity (Wildman–Crippen MR) is 254 cm³/mol.